The van der Waals surface area contributed by atoms with Crippen LogP contribution in [0.1, 0.15) is 40.9 Å². The summed E-state index contributed by atoms with van der Waals surface area (Å²) in [5.41, 5.74) is 0.404. The fourth-order valence-electron chi connectivity index (χ4n) is 1.88. The van der Waals surface area contributed by atoms with Crippen LogP contribution in [0, 0.1) is 5.92 Å². The summed E-state index contributed by atoms with van der Waals surface area (Å²) in [5.74, 6) is 0.0994. The summed E-state index contributed by atoms with van der Waals surface area (Å²) in [4.78, 5) is 11.8. The average molecular weight is 239 g/mol. The Morgan fingerprint density at radius 2 is 2.38 bits per heavy atom. The molecule has 0 bridgehead atoms. The standard InChI is InChI=1S/C12H17NO2S/c14-12(15)10-6-11(16-8-10)7-13-5-4-9-2-1-3-9/h6,8-9,13H,1-5,7H2,(H,14,15). The Morgan fingerprint density at radius 3 is 2.94 bits per heavy atom. The van der Waals surface area contributed by atoms with E-state index >= 15 is 0 Å². The van der Waals surface area contributed by atoms with Crippen molar-refractivity contribution in [2.24, 2.45) is 5.92 Å². The highest BCUT2D eigenvalue weighted by Gasteiger charge is 2.16. The molecule has 0 radical (unpaired) electrons. The predicted octanol–water partition coefficient (Wildman–Crippen LogP) is 2.73. The summed E-state index contributed by atoms with van der Waals surface area (Å²) in [6.45, 7) is 1.84. The molecule has 1 heterocycles. The van der Waals surface area contributed by atoms with E-state index in [2.05, 4.69) is 5.32 Å². The summed E-state index contributed by atoms with van der Waals surface area (Å²) in [7, 11) is 0. The molecule has 2 rings (SSSR count). The van der Waals surface area contributed by atoms with Gasteiger partial charge in [0.05, 0.1) is 5.56 Å². The van der Waals surface area contributed by atoms with Crippen molar-refractivity contribution in [1.82, 2.24) is 5.32 Å². The first-order chi connectivity index (χ1) is 7.75. The molecule has 0 spiro atoms. The second-order valence-electron chi connectivity index (χ2n) is 4.37. The van der Waals surface area contributed by atoms with Crippen LogP contribution in [0.25, 0.3) is 0 Å². The van der Waals surface area contributed by atoms with Gasteiger partial charge in [-0.05, 0) is 24.9 Å². The van der Waals surface area contributed by atoms with Crippen molar-refractivity contribution in [3.63, 3.8) is 0 Å². The lowest BCUT2D eigenvalue weighted by atomic mass is 9.83. The lowest BCUT2D eigenvalue weighted by Crippen LogP contribution is -2.20. The van der Waals surface area contributed by atoms with Gasteiger partial charge in [0.1, 0.15) is 0 Å². The molecule has 1 fully saturated rings. The zero-order valence-electron chi connectivity index (χ0n) is 9.24. The van der Waals surface area contributed by atoms with E-state index in [0.717, 1.165) is 23.9 Å². The van der Waals surface area contributed by atoms with Gasteiger partial charge in [0.2, 0.25) is 0 Å². The maximum atomic E-state index is 10.7. The molecular weight excluding hydrogens is 222 g/mol. The largest absolute Gasteiger partial charge is 0.478 e. The molecule has 2 N–H and O–H groups in total. The van der Waals surface area contributed by atoms with Crippen LogP contribution in [0.15, 0.2) is 11.4 Å². The zero-order valence-corrected chi connectivity index (χ0v) is 10.1. The molecule has 1 aliphatic carbocycles. The molecule has 0 saturated heterocycles. The molecular formula is C12H17NO2S. The molecule has 0 aromatic carbocycles. The van der Waals surface area contributed by atoms with Crippen molar-refractivity contribution in [1.29, 1.82) is 0 Å². The van der Waals surface area contributed by atoms with Gasteiger partial charge in [-0.2, -0.15) is 0 Å². The highest BCUT2D eigenvalue weighted by atomic mass is 32.1. The van der Waals surface area contributed by atoms with Crippen LogP contribution in [-0.2, 0) is 6.54 Å². The Bertz CT molecular complexity index is 358. The van der Waals surface area contributed by atoms with Crippen LogP contribution in [0.5, 0.6) is 0 Å². The molecule has 1 saturated carbocycles. The van der Waals surface area contributed by atoms with Crippen LogP contribution in [0.3, 0.4) is 0 Å². The third kappa shape index (κ3) is 3.06. The zero-order chi connectivity index (χ0) is 11.4. The number of thiophene rings is 1. The first-order valence-corrected chi connectivity index (χ1v) is 6.65. The Morgan fingerprint density at radius 1 is 1.56 bits per heavy atom. The molecule has 0 aliphatic heterocycles. The Hall–Kier alpha value is -0.870. The molecule has 1 aliphatic rings. The second-order valence-corrected chi connectivity index (χ2v) is 5.37. The van der Waals surface area contributed by atoms with Gasteiger partial charge < -0.3 is 10.4 Å². The van der Waals surface area contributed by atoms with E-state index in [9.17, 15) is 4.79 Å². The molecule has 0 unspecified atom stereocenters. The SMILES string of the molecule is O=C(O)c1csc(CNCCC2CCC2)c1. The quantitative estimate of drug-likeness (QED) is 0.750. The molecule has 4 heteroatoms. The van der Waals surface area contributed by atoms with E-state index in [1.54, 1.807) is 11.4 Å². The first kappa shape index (κ1) is 11.6. The summed E-state index contributed by atoms with van der Waals surface area (Å²) < 4.78 is 0. The maximum absolute atomic E-state index is 10.7. The molecule has 1 aromatic heterocycles. The van der Waals surface area contributed by atoms with E-state index in [4.69, 9.17) is 5.11 Å². The first-order valence-electron chi connectivity index (χ1n) is 5.77. The summed E-state index contributed by atoms with van der Waals surface area (Å²) in [6.07, 6.45) is 5.45. The van der Waals surface area contributed by atoms with E-state index in [0.29, 0.717) is 5.56 Å². The van der Waals surface area contributed by atoms with Crippen molar-refractivity contribution < 1.29 is 9.90 Å². The van der Waals surface area contributed by atoms with Crippen LogP contribution < -0.4 is 5.32 Å². The number of rotatable bonds is 6. The Kier molecular flexibility index (Phi) is 3.96. The topological polar surface area (TPSA) is 49.3 Å². The van der Waals surface area contributed by atoms with Crippen LogP contribution >= 0.6 is 11.3 Å². The molecule has 0 amide bonds. The van der Waals surface area contributed by atoms with Gasteiger partial charge in [-0.15, -0.1) is 11.3 Å². The van der Waals surface area contributed by atoms with Crippen molar-refractivity contribution >= 4 is 17.3 Å². The van der Waals surface area contributed by atoms with Crippen molar-refractivity contribution in [3.05, 3.63) is 21.9 Å². The molecule has 16 heavy (non-hydrogen) atoms. The van der Waals surface area contributed by atoms with Gasteiger partial charge in [0, 0.05) is 16.8 Å². The normalized spacial score (nSPS) is 16.0. The molecule has 1 aromatic rings. The van der Waals surface area contributed by atoms with E-state index in [-0.39, 0.29) is 0 Å². The fraction of sp³-hybridized carbons (Fsp3) is 0.583. The monoisotopic (exact) mass is 239 g/mol. The third-order valence-electron chi connectivity index (χ3n) is 3.15. The Balaban J connectivity index is 1.66. The van der Waals surface area contributed by atoms with Crippen LogP contribution in [0.2, 0.25) is 0 Å². The van der Waals surface area contributed by atoms with E-state index < -0.39 is 5.97 Å². The number of carbonyl (C=O) groups is 1. The van der Waals surface area contributed by atoms with Crippen molar-refractivity contribution in [3.8, 4) is 0 Å². The second kappa shape index (κ2) is 5.46. The van der Waals surface area contributed by atoms with Gasteiger partial charge in [-0.1, -0.05) is 19.3 Å². The van der Waals surface area contributed by atoms with Gasteiger partial charge in [-0.25, -0.2) is 4.79 Å². The molecule has 88 valence electrons. The smallest absolute Gasteiger partial charge is 0.336 e. The highest BCUT2D eigenvalue weighted by Crippen LogP contribution is 2.28. The minimum atomic E-state index is -0.836. The Labute approximate surface area is 99.5 Å². The van der Waals surface area contributed by atoms with Crippen molar-refractivity contribution in [2.75, 3.05) is 6.54 Å². The number of aromatic carboxylic acids is 1. The van der Waals surface area contributed by atoms with E-state index in [1.165, 1.54) is 37.0 Å². The summed E-state index contributed by atoms with van der Waals surface area (Å²) >= 11 is 1.51. The number of carboxylic acid groups (broad SMARTS) is 1. The number of hydrogen-bond donors (Lipinski definition) is 2. The summed E-state index contributed by atoms with van der Waals surface area (Å²) in [6, 6.07) is 1.75. The van der Waals surface area contributed by atoms with Gasteiger partial charge in [0.25, 0.3) is 0 Å². The lowest BCUT2D eigenvalue weighted by Gasteiger charge is -2.25. The number of hydrogen-bond acceptors (Lipinski definition) is 3. The number of nitrogens with one attached hydrogen (secondary N) is 1. The van der Waals surface area contributed by atoms with Crippen LogP contribution in [0.4, 0.5) is 0 Å². The summed E-state index contributed by atoms with van der Waals surface area (Å²) in [5, 5.41) is 13.8. The predicted molar refractivity (Wildman–Crippen MR) is 64.9 cm³/mol. The van der Waals surface area contributed by atoms with Gasteiger partial charge in [0.15, 0.2) is 0 Å². The van der Waals surface area contributed by atoms with Gasteiger partial charge >= 0.3 is 5.97 Å². The van der Waals surface area contributed by atoms with Gasteiger partial charge in [-0.3, -0.25) is 0 Å². The van der Waals surface area contributed by atoms with E-state index in [1.807, 2.05) is 0 Å². The minimum Gasteiger partial charge on any atom is -0.478 e. The lowest BCUT2D eigenvalue weighted by molar-refractivity contribution is 0.0697. The van der Waals surface area contributed by atoms with Crippen molar-refractivity contribution in [2.45, 2.75) is 32.2 Å². The molecule has 3 nitrogen and oxygen atoms in total. The average Bonchev–Trinajstić information content (AvgIpc) is 2.63. The van der Waals surface area contributed by atoms with Crippen LogP contribution in [-0.4, -0.2) is 17.6 Å². The number of carboxylic acids is 1. The minimum absolute atomic E-state index is 0.404. The molecule has 0 atom stereocenters. The fourth-order valence-corrected chi connectivity index (χ4v) is 2.71. The maximum Gasteiger partial charge on any atom is 0.336 e. The third-order valence-corrected chi connectivity index (χ3v) is 4.09. The highest BCUT2D eigenvalue weighted by molar-refractivity contribution is 7.10.